The average Bonchev–Trinajstić information content (AvgIpc) is 2.63. The maximum Gasteiger partial charge on any atom is 0.408 e. The number of carbonyl (C=O) groups is 1. The molecular formula is C21H27ClF2I2N2O4. The number of nitrogens with two attached hydrogens (primary N) is 1. The molecule has 1 amide bonds. The molecule has 2 atom stereocenters. The molecule has 0 fully saturated rings. The van der Waals surface area contributed by atoms with Crippen molar-refractivity contribution in [2.24, 2.45) is 5.73 Å². The molecule has 0 unspecified atom stereocenters. The number of aliphatic hydroxyl groups is 2. The van der Waals surface area contributed by atoms with Gasteiger partial charge in [0, 0.05) is 7.14 Å². The van der Waals surface area contributed by atoms with Crippen molar-refractivity contribution in [3.8, 4) is 0 Å². The van der Waals surface area contributed by atoms with Crippen molar-refractivity contribution in [2.45, 2.75) is 38.5 Å². The summed E-state index contributed by atoms with van der Waals surface area (Å²) in [5, 5.41) is 20.5. The number of hydrogen-bond donors (Lipinski definition) is 4. The van der Waals surface area contributed by atoms with Crippen LogP contribution in [-0.4, -0.2) is 35.1 Å². The van der Waals surface area contributed by atoms with Gasteiger partial charge in [0.15, 0.2) is 0 Å². The largest absolute Gasteiger partial charge is 0.444 e. The molecule has 0 aliphatic rings. The fraction of sp³-hybridized carbons (Fsp3) is 0.381. The maximum absolute atomic E-state index is 13.3. The molecular weight excluding hydrogens is 671 g/mol. The predicted octanol–water partition coefficient (Wildman–Crippen LogP) is 4.83. The molecule has 0 aliphatic heterocycles. The van der Waals surface area contributed by atoms with E-state index in [1.54, 1.807) is 32.9 Å². The second-order valence-electron chi connectivity index (χ2n) is 7.58. The van der Waals surface area contributed by atoms with Crippen molar-refractivity contribution >= 4 is 63.7 Å². The average molecular weight is 699 g/mol. The van der Waals surface area contributed by atoms with Gasteiger partial charge in [-0.3, -0.25) is 0 Å². The zero-order chi connectivity index (χ0) is 23.8. The zero-order valence-electron chi connectivity index (χ0n) is 17.7. The highest BCUT2D eigenvalue weighted by molar-refractivity contribution is 14.1. The molecule has 11 heteroatoms. The Morgan fingerprint density at radius 1 is 1.00 bits per heavy atom. The topological polar surface area (TPSA) is 105 Å². The van der Waals surface area contributed by atoms with E-state index in [9.17, 15) is 18.7 Å². The van der Waals surface area contributed by atoms with Crippen molar-refractivity contribution in [1.82, 2.24) is 5.32 Å². The van der Waals surface area contributed by atoms with Crippen LogP contribution < -0.4 is 11.1 Å². The molecule has 32 heavy (non-hydrogen) atoms. The van der Waals surface area contributed by atoms with Gasteiger partial charge in [-0.1, -0.05) is 0 Å². The van der Waals surface area contributed by atoms with E-state index >= 15 is 0 Å². The SMILES string of the molecule is CC(C)(C)OC(=O)N[C@H](CO)c1cc(F)cc(I)c1.Cl.N[C@H](CO)c1cc(F)cc(I)c1. The van der Waals surface area contributed by atoms with Crippen LogP contribution >= 0.6 is 57.6 Å². The summed E-state index contributed by atoms with van der Waals surface area (Å²) >= 11 is 3.97. The molecule has 0 saturated heterocycles. The number of hydrogen-bond acceptors (Lipinski definition) is 5. The Bertz CT molecular complexity index is 845. The third-order valence-electron chi connectivity index (χ3n) is 3.67. The lowest BCUT2D eigenvalue weighted by Crippen LogP contribution is -2.36. The van der Waals surface area contributed by atoms with Crippen molar-refractivity contribution in [1.29, 1.82) is 0 Å². The quantitative estimate of drug-likeness (QED) is 0.335. The Kier molecular flexibility index (Phi) is 14.1. The van der Waals surface area contributed by atoms with Gasteiger partial charge in [-0.2, -0.15) is 0 Å². The van der Waals surface area contributed by atoms with Crippen LogP contribution in [0.4, 0.5) is 13.6 Å². The fourth-order valence-corrected chi connectivity index (χ4v) is 3.67. The van der Waals surface area contributed by atoms with Crippen LogP contribution in [0.15, 0.2) is 36.4 Å². The lowest BCUT2D eigenvalue weighted by molar-refractivity contribution is 0.0481. The highest BCUT2D eigenvalue weighted by atomic mass is 127. The van der Waals surface area contributed by atoms with Gasteiger partial charge in [0.1, 0.15) is 17.2 Å². The van der Waals surface area contributed by atoms with Gasteiger partial charge >= 0.3 is 6.09 Å². The summed E-state index contributed by atoms with van der Waals surface area (Å²) in [6, 6.07) is 7.66. The number of halogens is 5. The maximum atomic E-state index is 13.3. The van der Waals surface area contributed by atoms with Crippen LogP contribution in [0.2, 0.25) is 0 Å². The monoisotopic (exact) mass is 698 g/mol. The highest BCUT2D eigenvalue weighted by Gasteiger charge is 2.20. The van der Waals surface area contributed by atoms with E-state index in [2.05, 4.69) is 5.32 Å². The minimum absolute atomic E-state index is 0. The fourth-order valence-electron chi connectivity index (χ4n) is 2.36. The first kappa shape index (κ1) is 31.2. The van der Waals surface area contributed by atoms with E-state index in [4.69, 9.17) is 15.6 Å². The van der Waals surface area contributed by atoms with E-state index in [0.717, 1.165) is 3.57 Å². The zero-order valence-corrected chi connectivity index (χ0v) is 22.9. The normalized spacial score (nSPS) is 12.6. The summed E-state index contributed by atoms with van der Waals surface area (Å²) in [5.41, 5.74) is 6.01. The third kappa shape index (κ3) is 11.9. The Hall–Kier alpha value is -0.800. The summed E-state index contributed by atoms with van der Waals surface area (Å²) < 4.78 is 32.7. The van der Waals surface area contributed by atoms with Crippen LogP contribution in [0.3, 0.4) is 0 Å². The molecule has 5 N–H and O–H groups in total. The molecule has 2 aromatic rings. The standard InChI is InChI=1S/C13H17FINO3.C8H9FINO.ClH/c1-13(2,3)19-12(18)16-11(7-17)8-4-9(14)6-10(15)5-8;9-6-1-5(8(11)4-12)2-7(10)3-6;/h4-6,11,17H,7H2,1-3H3,(H,16,18);1-3,8,12H,4,11H2;1H/t11-;8-;/m11./s1. The van der Waals surface area contributed by atoms with Crippen molar-refractivity contribution in [2.75, 3.05) is 13.2 Å². The highest BCUT2D eigenvalue weighted by Crippen LogP contribution is 2.19. The number of ether oxygens (including phenoxy) is 1. The van der Waals surface area contributed by atoms with Crippen molar-refractivity contribution in [3.63, 3.8) is 0 Å². The lowest BCUT2D eigenvalue weighted by Gasteiger charge is -2.23. The van der Waals surface area contributed by atoms with Crippen LogP contribution in [-0.2, 0) is 4.74 Å². The number of alkyl carbamates (subject to hydrolysis) is 1. The summed E-state index contributed by atoms with van der Waals surface area (Å²) in [7, 11) is 0. The minimum Gasteiger partial charge on any atom is -0.444 e. The summed E-state index contributed by atoms with van der Waals surface area (Å²) in [6.07, 6.45) is -0.647. The third-order valence-corrected chi connectivity index (χ3v) is 4.92. The molecule has 0 aliphatic carbocycles. The van der Waals surface area contributed by atoms with Gasteiger partial charge in [-0.15, -0.1) is 12.4 Å². The Balaban J connectivity index is 0.000000639. The van der Waals surface area contributed by atoms with E-state index < -0.39 is 29.6 Å². The molecule has 2 rings (SSSR count). The lowest BCUT2D eigenvalue weighted by atomic mass is 10.1. The first-order chi connectivity index (χ1) is 14.3. The van der Waals surface area contributed by atoms with Gasteiger partial charge in [0.05, 0.1) is 25.3 Å². The van der Waals surface area contributed by atoms with Gasteiger partial charge in [0.2, 0.25) is 0 Å². The van der Waals surface area contributed by atoms with Crippen LogP contribution in [0, 0.1) is 18.8 Å². The van der Waals surface area contributed by atoms with Gasteiger partial charge in [-0.05, 0) is 113 Å². The van der Waals surface area contributed by atoms with Gasteiger partial charge < -0.3 is 26.0 Å². The van der Waals surface area contributed by atoms with E-state index in [0.29, 0.717) is 14.7 Å². The number of carbonyl (C=O) groups excluding carboxylic acids is 1. The smallest absolute Gasteiger partial charge is 0.408 e. The summed E-state index contributed by atoms with van der Waals surface area (Å²) in [6.45, 7) is 4.72. The van der Waals surface area contributed by atoms with Crippen molar-refractivity contribution in [3.05, 3.63) is 66.3 Å². The first-order valence-corrected chi connectivity index (χ1v) is 11.4. The van der Waals surface area contributed by atoms with Crippen LogP contribution in [0.5, 0.6) is 0 Å². The predicted molar refractivity (Wildman–Crippen MR) is 139 cm³/mol. The molecule has 0 aromatic heterocycles. The van der Waals surface area contributed by atoms with Crippen molar-refractivity contribution < 1.29 is 28.5 Å². The van der Waals surface area contributed by atoms with E-state index in [1.807, 2.05) is 45.2 Å². The molecule has 2 aromatic carbocycles. The Morgan fingerprint density at radius 3 is 1.88 bits per heavy atom. The van der Waals surface area contributed by atoms with E-state index in [-0.39, 0.29) is 31.4 Å². The first-order valence-electron chi connectivity index (χ1n) is 9.23. The van der Waals surface area contributed by atoms with Gasteiger partial charge in [-0.25, -0.2) is 13.6 Å². The number of nitrogens with one attached hydrogen (secondary N) is 1. The molecule has 0 bridgehead atoms. The molecule has 180 valence electrons. The Morgan fingerprint density at radius 2 is 1.47 bits per heavy atom. The minimum atomic E-state index is -0.695. The van der Waals surface area contributed by atoms with Gasteiger partial charge in [0.25, 0.3) is 0 Å². The van der Waals surface area contributed by atoms with E-state index in [1.165, 1.54) is 24.3 Å². The molecule has 0 spiro atoms. The number of amides is 1. The van der Waals surface area contributed by atoms with Crippen LogP contribution in [0.1, 0.15) is 44.0 Å². The molecule has 6 nitrogen and oxygen atoms in total. The summed E-state index contributed by atoms with van der Waals surface area (Å²) in [5.74, 6) is -0.730. The summed E-state index contributed by atoms with van der Waals surface area (Å²) in [4.78, 5) is 11.6. The van der Waals surface area contributed by atoms with Crippen LogP contribution in [0.25, 0.3) is 0 Å². The number of aliphatic hydroxyl groups excluding tert-OH is 2. The second kappa shape index (κ2) is 14.5. The Labute approximate surface area is 220 Å². The number of benzene rings is 2. The second-order valence-corrected chi connectivity index (χ2v) is 10.1. The molecule has 0 heterocycles. The molecule has 0 saturated carbocycles. The molecule has 0 radical (unpaired) electrons. The number of rotatable bonds is 5.